The summed E-state index contributed by atoms with van der Waals surface area (Å²) in [5.41, 5.74) is 2.16. The van der Waals surface area contributed by atoms with E-state index in [2.05, 4.69) is 0 Å². The summed E-state index contributed by atoms with van der Waals surface area (Å²) < 4.78 is 10.7. The second-order valence-electron chi connectivity index (χ2n) is 11.2. The Morgan fingerprint density at radius 1 is 0.952 bits per heavy atom. The largest absolute Gasteiger partial charge is 0.502 e. The van der Waals surface area contributed by atoms with E-state index in [9.17, 15) is 24.3 Å². The lowest BCUT2D eigenvalue weighted by molar-refractivity contribution is -0.138. The summed E-state index contributed by atoms with van der Waals surface area (Å²) in [4.78, 5) is 53.3. The molecule has 2 saturated heterocycles. The number of rotatable bonds is 4. The third-order valence-corrected chi connectivity index (χ3v) is 11.1. The summed E-state index contributed by atoms with van der Waals surface area (Å²) in [6.45, 7) is 1.82. The van der Waals surface area contributed by atoms with Gasteiger partial charge in [-0.2, -0.15) is 0 Å². The number of hydrogen-bond acceptors (Lipinski definition) is 7. The fourth-order valence-electron chi connectivity index (χ4n) is 7.17. The Balaban J connectivity index is 1.54. The second-order valence-corrected chi connectivity index (χ2v) is 12.9. The number of imide groups is 2. The van der Waals surface area contributed by atoms with E-state index in [0.29, 0.717) is 21.8 Å². The van der Waals surface area contributed by atoms with Crippen LogP contribution in [0.1, 0.15) is 29.9 Å². The van der Waals surface area contributed by atoms with Crippen molar-refractivity contribution in [3.8, 4) is 17.2 Å². The number of aryl methyl sites for hydroxylation is 1. The van der Waals surface area contributed by atoms with Gasteiger partial charge in [0.1, 0.15) is 0 Å². The SMILES string of the molecule is COc1cc(C2C3=CCC4C(=O)N(c5ccc(C)c(Cl)c5)C(=O)C4C3CC3(Cl)C(=O)N(C)C(=O)C23Cl)cc(OC)c1O. The fourth-order valence-corrected chi connectivity index (χ4v) is 8.37. The molecule has 2 heterocycles. The van der Waals surface area contributed by atoms with Crippen LogP contribution in [0.15, 0.2) is 42.0 Å². The number of amides is 4. The number of hydrogen-bond donors (Lipinski definition) is 1. The number of carbonyl (C=O) groups is 4. The summed E-state index contributed by atoms with van der Waals surface area (Å²) in [7, 11) is 4.04. The highest BCUT2D eigenvalue weighted by atomic mass is 35.5. The number of alkyl halides is 2. The van der Waals surface area contributed by atoms with E-state index in [0.717, 1.165) is 15.4 Å². The van der Waals surface area contributed by atoms with Gasteiger partial charge in [-0.1, -0.05) is 29.3 Å². The van der Waals surface area contributed by atoms with Crippen molar-refractivity contribution in [1.82, 2.24) is 4.90 Å². The van der Waals surface area contributed by atoms with Crippen LogP contribution >= 0.6 is 34.8 Å². The quantitative estimate of drug-likeness (QED) is 0.298. The number of halogens is 3. The Morgan fingerprint density at radius 3 is 2.19 bits per heavy atom. The molecule has 220 valence electrons. The zero-order valence-corrected chi connectivity index (χ0v) is 25.4. The molecule has 6 rings (SSSR count). The molecule has 4 aliphatic rings. The average molecular weight is 634 g/mol. The van der Waals surface area contributed by atoms with Crippen molar-refractivity contribution in [2.75, 3.05) is 26.2 Å². The van der Waals surface area contributed by atoms with E-state index < -0.39 is 51.1 Å². The van der Waals surface area contributed by atoms with Gasteiger partial charge in [-0.3, -0.25) is 24.1 Å². The molecule has 4 amide bonds. The molecule has 0 bridgehead atoms. The Labute approximate surface area is 256 Å². The number of ether oxygens (including phenoxy) is 2. The molecule has 9 nitrogen and oxygen atoms in total. The maximum atomic E-state index is 14.1. The summed E-state index contributed by atoms with van der Waals surface area (Å²) in [6.07, 6.45) is 1.90. The first-order valence-electron chi connectivity index (χ1n) is 13.3. The van der Waals surface area contributed by atoms with Crippen LogP contribution in [0.3, 0.4) is 0 Å². The minimum Gasteiger partial charge on any atom is -0.502 e. The molecule has 2 aromatic carbocycles. The van der Waals surface area contributed by atoms with Crippen molar-refractivity contribution < 1.29 is 33.8 Å². The van der Waals surface area contributed by atoms with Crippen LogP contribution in [0.4, 0.5) is 5.69 Å². The van der Waals surface area contributed by atoms with Gasteiger partial charge in [0.05, 0.1) is 31.7 Å². The number of aromatic hydroxyl groups is 1. The van der Waals surface area contributed by atoms with Crippen LogP contribution in [-0.4, -0.2) is 64.7 Å². The number of methoxy groups -OCH3 is 2. The van der Waals surface area contributed by atoms with Crippen molar-refractivity contribution in [3.63, 3.8) is 0 Å². The van der Waals surface area contributed by atoms with Crippen LogP contribution in [0.5, 0.6) is 17.2 Å². The zero-order valence-electron chi connectivity index (χ0n) is 23.1. The van der Waals surface area contributed by atoms with Gasteiger partial charge in [-0.15, -0.1) is 23.2 Å². The van der Waals surface area contributed by atoms with Crippen LogP contribution in [0, 0.1) is 24.7 Å². The summed E-state index contributed by atoms with van der Waals surface area (Å²) >= 11 is 20.7. The highest BCUT2D eigenvalue weighted by Gasteiger charge is 2.76. The molecule has 0 aromatic heterocycles. The molecule has 1 saturated carbocycles. The van der Waals surface area contributed by atoms with Gasteiger partial charge in [0.25, 0.3) is 11.8 Å². The van der Waals surface area contributed by atoms with Gasteiger partial charge in [0, 0.05) is 18.0 Å². The number of phenols is 1. The fraction of sp³-hybridized carbons (Fsp3) is 0.400. The Bertz CT molecular complexity index is 1600. The van der Waals surface area contributed by atoms with Gasteiger partial charge in [0.15, 0.2) is 21.2 Å². The first-order valence-corrected chi connectivity index (χ1v) is 14.4. The number of fused-ring (bicyclic) bond motifs is 4. The molecule has 0 radical (unpaired) electrons. The number of nitrogens with zero attached hydrogens (tertiary/aromatic N) is 2. The third kappa shape index (κ3) is 3.56. The third-order valence-electron chi connectivity index (χ3n) is 9.26. The molecule has 12 heteroatoms. The number of benzene rings is 2. The standard InChI is InChI=1S/C30H27Cl3N2O7/c1-13-5-6-15(11-19(13)31)35-25(37)17-8-7-16-18(22(17)26(35)38)12-29(32)27(39)34(2)28(40)30(29,33)23(16)14-9-20(41-3)24(36)21(10-14)42-4/h5-7,9-11,17-18,22-23,36H,8,12H2,1-4H3. The number of likely N-dealkylation sites (tertiary alicyclic amines) is 1. The van der Waals surface area contributed by atoms with Gasteiger partial charge < -0.3 is 14.6 Å². The zero-order chi connectivity index (χ0) is 30.5. The second kappa shape index (κ2) is 9.62. The maximum absolute atomic E-state index is 14.1. The monoisotopic (exact) mass is 632 g/mol. The lowest BCUT2D eigenvalue weighted by Crippen LogP contribution is -2.60. The van der Waals surface area contributed by atoms with Crippen LogP contribution < -0.4 is 14.4 Å². The van der Waals surface area contributed by atoms with Crippen molar-refractivity contribution in [2.45, 2.75) is 35.4 Å². The van der Waals surface area contributed by atoms with Crippen LogP contribution in [0.2, 0.25) is 5.02 Å². The highest BCUT2D eigenvalue weighted by Crippen LogP contribution is 2.66. The number of phenolic OH excluding ortho intramolecular Hbond substituents is 1. The molecular weight excluding hydrogens is 607 g/mol. The average Bonchev–Trinajstić information content (AvgIpc) is 3.29. The molecule has 2 aromatic rings. The van der Waals surface area contributed by atoms with E-state index in [4.69, 9.17) is 44.3 Å². The summed E-state index contributed by atoms with van der Waals surface area (Å²) in [6, 6.07) is 8.01. The van der Waals surface area contributed by atoms with Crippen molar-refractivity contribution in [3.05, 3.63) is 58.1 Å². The first kappa shape index (κ1) is 28.8. The Morgan fingerprint density at radius 2 is 1.60 bits per heavy atom. The molecule has 6 atom stereocenters. The van der Waals surface area contributed by atoms with Crippen molar-refractivity contribution >= 4 is 64.1 Å². The van der Waals surface area contributed by atoms with Gasteiger partial charge in [-0.05, 0) is 61.1 Å². The predicted octanol–water partition coefficient (Wildman–Crippen LogP) is 4.56. The lowest BCUT2D eigenvalue weighted by Gasteiger charge is -2.50. The lowest BCUT2D eigenvalue weighted by atomic mass is 9.56. The predicted molar refractivity (Wildman–Crippen MR) is 155 cm³/mol. The van der Waals surface area contributed by atoms with Gasteiger partial charge in [-0.25, -0.2) is 4.90 Å². The van der Waals surface area contributed by atoms with E-state index in [1.54, 1.807) is 18.2 Å². The van der Waals surface area contributed by atoms with Crippen LogP contribution in [-0.2, 0) is 19.2 Å². The molecular formula is C30H27Cl3N2O7. The number of carbonyl (C=O) groups excluding carboxylic acids is 4. The van der Waals surface area contributed by atoms with E-state index in [1.807, 2.05) is 13.0 Å². The van der Waals surface area contributed by atoms with Crippen LogP contribution in [0.25, 0.3) is 0 Å². The smallest absolute Gasteiger partial charge is 0.253 e. The summed E-state index contributed by atoms with van der Waals surface area (Å²) in [5.74, 6) is -5.61. The molecule has 3 fully saturated rings. The molecule has 0 spiro atoms. The highest BCUT2D eigenvalue weighted by molar-refractivity contribution is 6.53. The summed E-state index contributed by atoms with van der Waals surface area (Å²) in [5, 5.41) is 11.0. The van der Waals surface area contributed by atoms with Gasteiger partial charge >= 0.3 is 0 Å². The first-order chi connectivity index (χ1) is 19.8. The topological polar surface area (TPSA) is 113 Å². The molecule has 6 unspecified atom stereocenters. The molecule has 1 N–H and O–H groups in total. The molecule has 2 aliphatic heterocycles. The maximum Gasteiger partial charge on any atom is 0.253 e. The Kier molecular flexibility index (Phi) is 6.61. The molecule has 42 heavy (non-hydrogen) atoms. The van der Waals surface area contributed by atoms with Crippen molar-refractivity contribution in [1.29, 1.82) is 0 Å². The Hall–Kier alpha value is -3.27. The molecule has 2 aliphatic carbocycles. The van der Waals surface area contributed by atoms with E-state index in [1.165, 1.54) is 33.4 Å². The van der Waals surface area contributed by atoms with Crippen molar-refractivity contribution in [2.24, 2.45) is 17.8 Å². The van der Waals surface area contributed by atoms with Gasteiger partial charge in [0.2, 0.25) is 17.6 Å². The number of allylic oxidation sites excluding steroid dienone is 2. The van der Waals surface area contributed by atoms with E-state index >= 15 is 0 Å². The van der Waals surface area contributed by atoms with E-state index in [-0.39, 0.29) is 36.0 Å². The minimum atomic E-state index is -1.97. The number of anilines is 1. The minimum absolute atomic E-state index is 0.0564. The normalized spacial score (nSPS) is 32.0.